The molecule has 5 nitrogen and oxygen atoms in total. The molecule has 5 heteroatoms. The minimum Gasteiger partial charge on any atom is -0.384 e. The fourth-order valence-electron chi connectivity index (χ4n) is 2.60. The SMILES string of the molecule is CCNCc1cnc(N2CCC(COC)CC2)nc1C. The molecule has 0 bridgehead atoms. The zero-order chi connectivity index (χ0) is 14.4. The maximum atomic E-state index is 5.24. The number of hydrogen-bond acceptors (Lipinski definition) is 5. The van der Waals surface area contributed by atoms with Crippen LogP contribution in [0.3, 0.4) is 0 Å². The van der Waals surface area contributed by atoms with Crippen molar-refractivity contribution in [1.29, 1.82) is 0 Å². The van der Waals surface area contributed by atoms with Crippen molar-refractivity contribution in [2.24, 2.45) is 5.92 Å². The molecule has 0 unspecified atom stereocenters. The van der Waals surface area contributed by atoms with Gasteiger partial charge in [-0.15, -0.1) is 0 Å². The largest absolute Gasteiger partial charge is 0.384 e. The van der Waals surface area contributed by atoms with E-state index in [1.807, 2.05) is 6.20 Å². The normalized spacial score (nSPS) is 16.6. The van der Waals surface area contributed by atoms with Gasteiger partial charge in [0.25, 0.3) is 0 Å². The van der Waals surface area contributed by atoms with Gasteiger partial charge in [-0.1, -0.05) is 6.92 Å². The molecule has 0 aromatic carbocycles. The van der Waals surface area contributed by atoms with E-state index in [0.717, 1.165) is 57.3 Å². The van der Waals surface area contributed by atoms with Crippen LogP contribution >= 0.6 is 0 Å². The second-order valence-corrected chi connectivity index (χ2v) is 5.45. The third-order valence-corrected chi connectivity index (χ3v) is 3.93. The van der Waals surface area contributed by atoms with Crippen molar-refractivity contribution in [2.45, 2.75) is 33.2 Å². The van der Waals surface area contributed by atoms with E-state index in [-0.39, 0.29) is 0 Å². The Balaban J connectivity index is 1.95. The van der Waals surface area contributed by atoms with Crippen LogP contribution in [0.1, 0.15) is 31.0 Å². The first kappa shape index (κ1) is 15.2. The van der Waals surface area contributed by atoms with Crippen LogP contribution in [0, 0.1) is 12.8 Å². The van der Waals surface area contributed by atoms with Gasteiger partial charge < -0.3 is 15.0 Å². The van der Waals surface area contributed by atoms with Gasteiger partial charge in [0.2, 0.25) is 5.95 Å². The molecule has 20 heavy (non-hydrogen) atoms. The van der Waals surface area contributed by atoms with Crippen molar-refractivity contribution in [3.63, 3.8) is 0 Å². The summed E-state index contributed by atoms with van der Waals surface area (Å²) in [6, 6.07) is 0. The Bertz CT molecular complexity index is 416. The summed E-state index contributed by atoms with van der Waals surface area (Å²) in [5, 5.41) is 3.32. The Morgan fingerprint density at radius 2 is 2.15 bits per heavy atom. The minimum atomic E-state index is 0.686. The topological polar surface area (TPSA) is 50.3 Å². The number of aromatic nitrogens is 2. The molecule has 0 spiro atoms. The number of hydrogen-bond donors (Lipinski definition) is 1. The van der Waals surface area contributed by atoms with Gasteiger partial charge in [-0.2, -0.15) is 0 Å². The minimum absolute atomic E-state index is 0.686. The average Bonchev–Trinajstić information content (AvgIpc) is 2.47. The molecule has 1 aromatic heterocycles. The molecular weight excluding hydrogens is 252 g/mol. The first-order valence-corrected chi connectivity index (χ1v) is 7.51. The number of rotatable bonds is 6. The first-order valence-electron chi connectivity index (χ1n) is 7.51. The number of nitrogens with one attached hydrogen (secondary N) is 1. The molecule has 0 saturated carbocycles. The number of methoxy groups -OCH3 is 1. The molecule has 2 heterocycles. The molecule has 1 N–H and O–H groups in total. The average molecular weight is 278 g/mol. The molecule has 112 valence electrons. The van der Waals surface area contributed by atoms with Crippen LogP contribution in [0.2, 0.25) is 0 Å². The Morgan fingerprint density at radius 1 is 1.40 bits per heavy atom. The van der Waals surface area contributed by atoms with Crippen molar-refractivity contribution in [1.82, 2.24) is 15.3 Å². The molecule has 1 aliphatic heterocycles. The summed E-state index contributed by atoms with van der Waals surface area (Å²) in [5.74, 6) is 1.56. The summed E-state index contributed by atoms with van der Waals surface area (Å²) >= 11 is 0. The molecular formula is C15H26N4O. The predicted octanol–water partition coefficient (Wildman–Crippen LogP) is 1.76. The van der Waals surface area contributed by atoms with E-state index in [1.54, 1.807) is 7.11 Å². The highest BCUT2D eigenvalue weighted by Crippen LogP contribution is 2.21. The summed E-state index contributed by atoms with van der Waals surface area (Å²) in [4.78, 5) is 11.5. The van der Waals surface area contributed by atoms with Crippen LogP contribution in [0.5, 0.6) is 0 Å². The quantitative estimate of drug-likeness (QED) is 0.859. The smallest absolute Gasteiger partial charge is 0.225 e. The monoisotopic (exact) mass is 278 g/mol. The van der Waals surface area contributed by atoms with Crippen LogP contribution in [0.25, 0.3) is 0 Å². The van der Waals surface area contributed by atoms with Crippen molar-refractivity contribution in [3.8, 4) is 0 Å². The molecule has 0 amide bonds. The van der Waals surface area contributed by atoms with Gasteiger partial charge in [-0.3, -0.25) is 0 Å². The summed E-state index contributed by atoms with van der Waals surface area (Å²) in [6.07, 6.45) is 4.28. The summed E-state index contributed by atoms with van der Waals surface area (Å²) in [5.41, 5.74) is 2.26. The maximum Gasteiger partial charge on any atom is 0.225 e. The second-order valence-electron chi connectivity index (χ2n) is 5.45. The molecule has 1 aromatic rings. The Hall–Kier alpha value is -1.20. The van der Waals surface area contributed by atoms with Gasteiger partial charge in [0.05, 0.1) is 0 Å². The zero-order valence-electron chi connectivity index (χ0n) is 12.9. The fraction of sp³-hybridized carbons (Fsp3) is 0.733. The highest BCUT2D eigenvalue weighted by atomic mass is 16.5. The van der Waals surface area contributed by atoms with E-state index in [0.29, 0.717) is 5.92 Å². The highest BCUT2D eigenvalue weighted by molar-refractivity contribution is 5.33. The zero-order valence-corrected chi connectivity index (χ0v) is 12.9. The van der Waals surface area contributed by atoms with E-state index in [1.165, 1.54) is 5.56 Å². The third-order valence-electron chi connectivity index (χ3n) is 3.93. The molecule has 0 atom stereocenters. The van der Waals surface area contributed by atoms with Crippen LogP contribution in [-0.2, 0) is 11.3 Å². The molecule has 1 fully saturated rings. The predicted molar refractivity (Wildman–Crippen MR) is 81.0 cm³/mol. The van der Waals surface area contributed by atoms with Crippen molar-refractivity contribution in [3.05, 3.63) is 17.5 Å². The summed E-state index contributed by atoms with van der Waals surface area (Å²) < 4.78 is 5.24. The highest BCUT2D eigenvalue weighted by Gasteiger charge is 2.21. The molecule has 0 radical (unpaired) electrons. The van der Waals surface area contributed by atoms with Crippen molar-refractivity contribution in [2.75, 3.05) is 38.3 Å². The third kappa shape index (κ3) is 3.90. The second kappa shape index (κ2) is 7.55. The van der Waals surface area contributed by atoms with Gasteiger partial charge in [-0.25, -0.2) is 9.97 Å². The Kier molecular flexibility index (Phi) is 5.73. The summed E-state index contributed by atoms with van der Waals surface area (Å²) in [7, 11) is 1.78. The number of nitrogens with zero attached hydrogens (tertiary/aromatic N) is 3. The van der Waals surface area contributed by atoms with Crippen LogP contribution < -0.4 is 10.2 Å². The number of ether oxygens (including phenoxy) is 1. The van der Waals surface area contributed by atoms with Crippen LogP contribution in [-0.4, -0.2) is 43.3 Å². The molecule has 1 saturated heterocycles. The fourth-order valence-corrected chi connectivity index (χ4v) is 2.60. The Morgan fingerprint density at radius 3 is 2.75 bits per heavy atom. The van der Waals surface area contributed by atoms with Gasteiger partial charge in [0.1, 0.15) is 0 Å². The Labute approximate surface area is 121 Å². The van der Waals surface area contributed by atoms with E-state index >= 15 is 0 Å². The van der Waals surface area contributed by atoms with Gasteiger partial charge >= 0.3 is 0 Å². The van der Waals surface area contributed by atoms with Crippen LogP contribution in [0.15, 0.2) is 6.20 Å². The van der Waals surface area contributed by atoms with E-state index in [4.69, 9.17) is 4.74 Å². The standard InChI is InChI=1S/C15H26N4O/c1-4-16-9-14-10-17-15(18-12(14)2)19-7-5-13(6-8-19)11-20-3/h10,13,16H,4-9,11H2,1-3H3. The van der Waals surface area contributed by atoms with E-state index < -0.39 is 0 Å². The molecule has 0 aliphatic carbocycles. The van der Waals surface area contributed by atoms with Crippen LogP contribution in [0.4, 0.5) is 5.95 Å². The molecule has 1 aliphatic rings. The lowest BCUT2D eigenvalue weighted by Crippen LogP contribution is -2.36. The lowest BCUT2D eigenvalue weighted by Gasteiger charge is -2.31. The van der Waals surface area contributed by atoms with E-state index in [2.05, 4.69) is 34.0 Å². The lowest BCUT2D eigenvalue weighted by molar-refractivity contribution is 0.139. The van der Waals surface area contributed by atoms with Crippen molar-refractivity contribution < 1.29 is 4.74 Å². The number of anilines is 1. The van der Waals surface area contributed by atoms with Crippen molar-refractivity contribution >= 4 is 5.95 Å². The first-order chi connectivity index (χ1) is 9.74. The van der Waals surface area contributed by atoms with Gasteiger partial charge in [0, 0.05) is 50.8 Å². The van der Waals surface area contributed by atoms with Gasteiger partial charge in [-0.05, 0) is 32.2 Å². The van der Waals surface area contributed by atoms with E-state index in [9.17, 15) is 0 Å². The van der Waals surface area contributed by atoms with Gasteiger partial charge in [0.15, 0.2) is 0 Å². The lowest BCUT2D eigenvalue weighted by atomic mass is 9.98. The number of piperidine rings is 1. The maximum absolute atomic E-state index is 5.24. The number of aryl methyl sites for hydroxylation is 1. The summed E-state index contributed by atoms with van der Waals surface area (Å²) in [6.45, 7) is 8.91. The molecule has 2 rings (SSSR count).